The third-order valence-electron chi connectivity index (χ3n) is 2.36. The number of ether oxygens (including phenoxy) is 2. The van der Waals surface area contributed by atoms with Gasteiger partial charge in [-0.3, -0.25) is 4.79 Å². The van der Waals surface area contributed by atoms with Crippen molar-refractivity contribution in [1.82, 2.24) is 10.6 Å². The highest BCUT2D eigenvalue weighted by atomic mass is 16.5. The largest absolute Gasteiger partial charge is 0.453 e. The van der Waals surface area contributed by atoms with Crippen molar-refractivity contribution in [3.8, 4) is 0 Å². The van der Waals surface area contributed by atoms with E-state index in [1.165, 1.54) is 14.2 Å². The Balaban J connectivity index is 2.59. The monoisotopic (exact) mass is 216 g/mol. The van der Waals surface area contributed by atoms with Crippen molar-refractivity contribution in [3.63, 3.8) is 0 Å². The van der Waals surface area contributed by atoms with Gasteiger partial charge in [-0.15, -0.1) is 0 Å². The Hall–Kier alpha value is -1.14. The van der Waals surface area contributed by atoms with E-state index >= 15 is 0 Å². The average molecular weight is 216 g/mol. The number of Topliss-reactive ketones (excluding diaryl/α,β-unsaturated/α-hetero) is 1. The number of hydrogen-bond donors (Lipinski definition) is 2. The van der Waals surface area contributed by atoms with Gasteiger partial charge in [0.15, 0.2) is 5.78 Å². The van der Waals surface area contributed by atoms with Crippen molar-refractivity contribution in [2.75, 3.05) is 20.8 Å². The number of rotatable bonds is 5. The molecule has 86 valence electrons. The molecule has 0 aromatic heterocycles. The molecule has 1 aliphatic rings. The Morgan fingerprint density at radius 3 is 2.47 bits per heavy atom. The lowest BCUT2D eigenvalue weighted by Gasteiger charge is -2.21. The van der Waals surface area contributed by atoms with Gasteiger partial charge in [-0.05, 0) is 6.92 Å². The number of nitrogens with one attached hydrogen (secondary N) is 2. The summed E-state index contributed by atoms with van der Waals surface area (Å²) in [6.07, 6.45) is -1.00. The second-order valence-corrected chi connectivity index (χ2v) is 3.42. The first-order valence-corrected chi connectivity index (χ1v) is 4.74. The predicted octanol–water partition coefficient (Wildman–Crippen LogP) is -0.713. The molecule has 3 atom stereocenters. The van der Waals surface area contributed by atoms with Crippen LogP contribution in [0, 0.1) is 0 Å². The zero-order chi connectivity index (χ0) is 11.4. The number of carbonyl (C=O) groups is 2. The fraction of sp³-hybridized carbons (Fsp3) is 0.778. The molecule has 6 nitrogen and oxygen atoms in total. The molecule has 1 rings (SSSR count). The van der Waals surface area contributed by atoms with Gasteiger partial charge in [0, 0.05) is 13.7 Å². The third-order valence-corrected chi connectivity index (χ3v) is 2.36. The molecule has 0 bridgehead atoms. The van der Waals surface area contributed by atoms with E-state index in [2.05, 4.69) is 15.4 Å². The molecule has 2 unspecified atom stereocenters. The lowest BCUT2D eigenvalue weighted by atomic mass is 10.1. The van der Waals surface area contributed by atoms with Gasteiger partial charge in [0.25, 0.3) is 0 Å². The molecule has 0 aromatic carbocycles. The highest BCUT2D eigenvalue weighted by Crippen LogP contribution is 2.08. The van der Waals surface area contributed by atoms with Gasteiger partial charge in [0.05, 0.1) is 19.3 Å². The Kier molecular flexibility index (Phi) is 4.05. The summed E-state index contributed by atoms with van der Waals surface area (Å²) in [5.74, 6) is -0.0743. The van der Waals surface area contributed by atoms with Crippen LogP contribution in [-0.4, -0.2) is 50.8 Å². The molecule has 15 heavy (non-hydrogen) atoms. The maximum Gasteiger partial charge on any atom is 0.407 e. The van der Waals surface area contributed by atoms with Crippen LogP contribution in [0.2, 0.25) is 0 Å². The Morgan fingerprint density at radius 2 is 2.07 bits per heavy atom. The standard InChI is InChI=1S/C9H16N2O4/c1-5(14-2)7(11-9(13)15-3)8(12)6-4-10-6/h5-7,10H,4H2,1-3H3,(H,11,13)/t5-,6?,7?/m0/s1. The zero-order valence-electron chi connectivity index (χ0n) is 9.07. The van der Waals surface area contributed by atoms with Gasteiger partial charge in [0.1, 0.15) is 6.04 Å². The number of ketones is 1. The number of amides is 1. The smallest absolute Gasteiger partial charge is 0.407 e. The maximum atomic E-state index is 11.7. The predicted molar refractivity (Wildman–Crippen MR) is 52.6 cm³/mol. The van der Waals surface area contributed by atoms with E-state index in [1.54, 1.807) is 6.92 Å². The number of hydrogen-bond acceptors (Lipinski definition) is 5. The molecule has 6 heteroatoms. The van der Waals surface area contributed by atoms with E-state index in [1.807, 2.05) is 0 Å². The van der Waals surface area contributed by atoms with E-state index in [0.29, 0.717) is 6.54 Å². The second kappa shape index (κ2) is 5.09. The van der Waals surface area contributed by atoms with Crippen LogP contribution in [0.25, 0.3) is 0 Å². The second-order valence-electron chi connectivity index (χ2n) is 3.42. The fourth-order valence-electron chi connectivity index (χ4n) is 1.22. The summed E-state index contributed by atoms with van der Waals surface area (Å²) in [4.78, 5) is 22.8. The first-order chi connectivity index (χ1) is 7.10. The molecule has 0 aliphatic carbocycles. The lowest BCUT2D eigenvalue weighted by Crippen LogP contribution is -2.50. The van der Waals surface area contributed by atoms with E-state index in [-0.39, 0.29) is 17.9 Å². The Morgan fingerprint density at radius 1 is 1.47 bits per heavy atom. The van der Waals surface area contributed by atoms with Crippen LogP contribution in [-0.2, 0) is 14.3 Å². The topological polar surface area (TPSA) is 86.6 Å². The molecule has 1 amide bonds. The molecule has 1 aliphatic heterocycles. The maximum absolute atomic E-state index is 11.7. The average Bonchev–Trinajstić information content (AvgIpc) is 3.07. The SMILES string of the molecule is COC(=O)NC(C(=O)C1CN1)[C@H](C)OC. The van der Waals surface area contributed by atoms with Gasteiger partial charge in [-0.2, -0.15) is 0 Å². The van der Waals surface area contributed by atoms with Crippen molar-refractivity contribution in [2.24, 2.45) is 0 Å². The van der Waals surface area contributed by atoms with Crippen LogP contribution < -0.4 is 10.6 Å². The molecule has 2 N–H and O–H groups in total. The van der Waals surface area contributed by atoms with Crippen LogP contribution in [0.1, 0.15) is 6.92 Å². The quantitative estimate of drug-likeness (QED) is 0.593. The summed E-state index contributed by atoms with van der Waals surface area (Å²) >= 11 is 0. The van der Waals surface area contributed by atoms with E-state index < -0.39 is 12.1 Å². The van der Waals surface area contributed by atoms with Crippen LogP contribution >= 0.6 is 0 Å². The molecule has 0 aromatic rings. The van der Waals surface area contributed by atoms with Gasteiger partial charge in [-0.1, -0.05) is 0 Å². The molecule has 0 saturated carbocycles. The summed E-state index contributed by atoms with van der Waals surface area (Å²) in [6, 6.07) is -0.827. The molecule has 0 spiro atoms. The third kappa shape index (κ3) is 3.17. The number of alkyl carbamates (subject to hydrolysis) is 1. The Bertz CT molecular complexity index is 252. The van der Waals surface area contributed by atoms with Crippen LogP contribution in [0.3, 0.4) is 0 Å². The van der Waals surface area contributed by atoms with Crippen molar-refractivity contribution in [2.45, 2.75) is 25.1 Å². The fourth-order valence-corrected chi connectivity index (χ4v) is 1.22. The highest BCUT2D eigenvalue weighted by molar-refractivity contribution is 5.94. The Labute approximate surface area is 88.3 Å². The molecular weight excluding hydrogens is 200 g/mol. The first kappa shape index (κ1) is 11.9. The van der Waals surface area contributed by atoms with Crippen molar-refractivity contribution < 1.29 is 19.1 Å². The minimum absolute atomic E-state index is 0.0743. The van der Waals surface area contributed by atoms with Crippen molar-refractivity contribution in [3.05, 3.63) is 0 Å². The first-order valence-electron chi connectivity index (χ1n) is 4.74. The van der Waals surface area contributed by atoms with E-state index in [9.17, 15) is 9.59 Å². The minimum atomic E-state index is -0.664. The summed E-state index contributed by atoms with van der Waals surface area (Å²) < 4.78 is 9.49. The summed E-state index contributed by atoms with van der Waals surface area (Å²) in [6.45, 7) is 2.38. The molecular formula is C9H16N2O4. The highest BCUT2D eigenvalue weighted by Gasteiger charge is 2.38. The normalized spacial score (nSPS) is 22.7. The van der Waals surface area contributed by atoms with Crippen molar-refractivity contribution >= 4 is 11.9 Å². The van der Waals surface area contributed by atoms with Crippen molar-refractivity contribution in [1.29, 1.82) is 0 Å². The summed E-state index contributed by atoms with van der Waals surface area (Å²) in [7, 11) is 2.74. The van der Waals surface area contributed by atoms with Crippen LogP contribution in [0.15, 0.2) is 0 Å². The number of methoxy groups -OCH3 is 2. The van der Waals surface area contributed by atoms with Gasteiger partial charge in [0.2, 0.25) is 0 Å². The number of carbonyl (C=O) groups excluding carboxylic acids is 2. The minimum Gasteiger partial charge on any atom is -0.453 e. The van der Waals surface area contributed by atoms with Crippen LogP contribution in [0.4, 0.5) is 4.79 Å². The lowest BCUT2D eigenvalue weighted by molar-refractivity contribution is -0.123. The van der Waals surface area contributed by atoms with E-state index in [0.717, 1.165) is 0 Å². The summed E-state index contributed by atoms with van der Waals surface area (Å²) in [5, 5.41) is 5.35. The molecule has 1 fully saturated rings. The molecule has 0 radical (unpaired) electrons. The van der Waals surface area contributed by atoms with Gasteiger partial charge in [-0.25, -0.2) is 4.79 Å². The summed E-state index contributed by atoms with van der Waals surface area (Å²) in [5.41, 5.74) is 0. The molecule has 1 saturated heterocycles. The zero-order valence-corrected chi connectivity index (χ0v) is 9.07. The van der Waals surface area contributed by atoms with Crippen LogP contribution in [0.5, 0.6) is 0 Å². The molecule has 1 heterocycles. The van der Waals surface area contributed by atoms with Gasteiger partial charge >= 0.3 is 6.09 Å². The van der Waals surface area contributed by atoms with Gasteiger partial charge < -0.3 is 20.1 Å². The van der Waals surface area contributed by atoms with E-state index in [4.69, 9.17) is 4.74 Å².